The standard InChI is InChI=1S/C14H22N2O5/c1-21-6-5-15-9-10(7-12(15)17)14(20)16-4-2-3-11(16)8-13(18)19/h10-11H,2-9H2,1H3,(H,18,19). The van der Waals surface area contributed by atoms with E-state index in [9.17, 15) is 14.4 Å². The summed E-state index contributed by atoms with van der Waals surface area (Å²) < 4.78 is 4.95. The molecule has 0 saturated carbocycles. The Kier molecular flexibility index (Phi) is 5.17. The summed E-state index contributed by atoms with van der Waals surface area (Å²) in [5.41, 5.74) is 0. The van der Waals surface area contributed by atoms with E-state index in [2.05, 4.69) is 0 Å². The molecule has 0 spiro atoms. The van der Waals surface area contributed by atoms with Gasteiger partial charge in [-0.05, 0) is 12.8 Å². The first-order valence-electron chi connectivity index (χ1n) is 7.32. The van der Waals surface area contributed by atoms with E-state index in [0.29, 0.717) is 26.2 Å². The van der Waals surface area contributed by atoms with E-state index in [-0.39, 0.29) is 36.6 Å². The van der Waals surface area contributed by atoms with E-state index >= 15 is 0 Å². The third-order valence-corrected chi connectivity index (χ3v) is 4.20. The van der Waals surface area contributed by atoms with Gasteiger partial charge in [-0.3, -0.25) is 14.4 Å². The molecule has 0 aromatic heterocycles. The van der Waals surface area contributed by atoms with Gasteiger partial charge in [0.2, 0.25) is 11.8 Å². The van der Waals surface area contributed by atoms with Crippen molar-refractivity contribution in [2.45, 2.75) is 31.7 Å². The molecule has 0 bridgehead atoms. The average Bonchev–Trinajstić information content (AvgIpc) is 3.02. The van der Waals surface area contributed by atoms with Gasteiger partial charge < -0.3 is 19.6 Å². The Hall–Kier alpha value is -1.63. The SMILES string of the molecule is COCCN1CC(C(=O)N2CCCC2CC(=O)O)CC1=O. The van der Waals surface area contributed by atoms with Gasteiger partial charge in [0.15, 0.2) is 0 Å². The van der Waals surface area contributed by atoms with Gasteiger partial charge >= 0.3 is 5.97 Å². The fraction of sp³-hybridized carbons (Fsp3) is 0.786. The van der Waals surface area contributed by atoms with Gasteiger partial charge in [0.1, 0.15) is 0 Å². The number of hydrogen-bond donors (Lipinski definition) is 1. The van der Waals surface area contributed by atoms with Crippen molar-refractivity contribution in [1.82, 2.24) is 9.80 Å². The highest BCUT2D eigenvalue weighted by atomic mass is 16.5. The molecule has 2 aliphatic rings. The van der Waals surface area contributed by atoms with Gasteiger partial charge in [0, 0.05) is 39.2 Å². The molecule has 0 aromatic carbocycles. The topological polar surface area (TPSA) is 87.2 Å². The smallest absolute Gasteiger partial charge is 0.305 e. The summed E-state index contributed by atoms with van der Waals surface area (Å²) in [5, 5.41) is 8.91. The Morgan fingerprint density at radius 3 is 2.86 bits per heavy atom. The highest BCUT2D eigenvalue weighted by molar-refractivity contribution is 5.89. The quantitative estimate of drug-likeness (QED) is 0.743. The summed E-state index contributed by atoms with van der Waals surface area (Å²) in [6, 6.07) is -0.224. The molecule has 0 aromatic rings. The lowest BCUT2D eigenvalue weighted by molar-refractivity contribution is -0.141. The van der Waals surface area contributed by atoms with E-state index in [1.807, 2.05) is 0 Å². The fourth-order valence-electron chi connectivity index (χ4n) is 3.13. The minimum absolute atomic E-state index is 0.0141. The number of nitrogens with zero attached hydrogens (tertiary/aromatic N) is 2. The summed E-state index contributed by atoms with van der Waals surface area (Å²) >= 11 is 0. The maximum atomic E-state index is 12.5. The van der Waals surface area contributed by atoms with E-state index in [1.54, 1.807) is 16.9 Å². The van der Waals surface area contributed by atoms with Crippen molar-refractivity contribution in [3.63, 3.8) is 0 Å². The van der Waals surface area contributed by atoms with Crippen LogP contribution in [-0.2, 0) is 19.1 Å². The number of rotatable bonds is 6. The summed E-state index contributed by atoms with van der Waals surface area (Å²) in [6.07, 6.45) is 1.77. The van der Waals surface area contributed by atoms with Crippen LogP contribution >= 0.6 is 0 Å². The largest absolute Gasteiger partial charge is 0.481 e. The maximum Gasteiger partial charge on any atom is 0.305 e. The second kappa shape index (κ2) is 6.89. The summed E-state index contributed by atoms with van der Waals surface area (Å²) in [7, 11) is 1.57. The molecule has 1 N–H and O–H groups in total. The second-order valence-electron chi connectivity index (χ2n) is 5.66. The van der Waals surface area contributed by atoms with Crippen molar-refractivity contribution in [3.8, 4) is 0 Å². The Balaban J connectivity index is 1.94. The molecule has 7 nitrogen and oxygen atoms in total. The monoisotopic (exact) mass is 298 g/mol. The lowest BCUT2D eigenvalue weighted by Crippen LogP contribution is -2.41. The van der Waals surface area contributed by atoms with Crippen LogP contribution in [0.4, 0.5) is 0 Å². The molecule has 21 heavy (non-hydrogen) atoms. The van der Waals surface area contributed by atoms with E-state index < -0.39 is 5.97 Å². The van der Waals surface area contributed by atoms with Gasteiger partial charge in [-0.1, -0.05) is 0 Å². The summed E-state index contributed by atoms with van der Waals surface area (Å²) in [6.45, 7) is 1.96. The van der Waals surface area contributed by atoms with Crippen LogP contribution in [-0.4, -0.2) is 72.1 Å². The van der Waals surface area contributed by atoms with Crippen molar-refractivity contribution in [2.24, 2.45) is 5.92 Å². The highest BCUT2D eigenvalue weighted by Gasteiger charge is 2.39. The number of carboxylic acid groups (broad SMARTS) is 1. The molecule has 2 heterocycles. The van der Waals surface area contributed by atoms with E-state index in [0.717, 1.165) is 12.8 Å². The molecule has 2 amide bonds. The zero-order valence-electron chi connectivity index (χ0n) is 12.3. The van der Waals surface area contributed by atoms with Gasteiger partial charge in [-0.15, -0.1) is 0 Å². The first-order chi connectivity index (χ1) is 10.0. The zero-order valence-corrected chi connectivity index (χ0v) is 12.3. The lowest BCUT2D eigenvalue weighted by Gasteiger charge is -2.26. The molecular weight excluding hydrogens is 276 g/mol. The van der Waals surface area contributed by atoms with Gasteiger partial charge in [0.05, 0.1) is 18.9 Å². The zero-order chi connectivity index (χ0) is 15.4. The normalized spacial score (nSPS) is 25.7. The number of hydrogen-bond acceptors (Lipinski definition) is 4. The Morgan fingerprint density at radius 1 is 1.43 bits per heavy atom. The molecule has 2 atom stereocenters. The Morgan fingerprint density at radius 2 is 2.19 bits per heavy atom. The minimum Gasteiger partial charge on any atom is -0.481 e. The first-order valence-corrected chi connectivity index (χ1v) is 7.32. The molecule has 2 fully saturated rings. The number of carbonyl (C=O) groups is 3. The molecule has 0 aliphatic carbocycles. The summed E-state index contributed by atoms with van der Waals surface area (Å²) in [5.74, 6) is -1.33. The average molecular weight is 298 g/mol. The van der Waals surface area contributed by atoms with E-state index in [1.165, 1.54) is 0 Å². The number of amides is 2. The predicted molar refractivity (Wildman–Crippen MR) is 73.6 cm³/mol. The van der Waals surface area contributed by atoms with Crippen molar-refractivity contribution in [3.05, 3.63) is 0 Å². The van der Waals surface area contributed by atoms with Crippen LogP contribution in [0.2, 0.25) is 0 Å². The fourth-order valence-corrected chi connectivity index (χ4v) is 3.13. The highest BCUT2D eigenvalue weighted by Crippen LogP contribution is 2.26. The van der Waals surface area contributed by atoms with Crippen LogP contribution in [0.5, 0.6) is 0 Å². The van der Waals surface area contributed by atoms with Crippen LogP contribution in [0.3, 0.4) is 0 Å². The predicted octanol–water partition coefficient (Wildman–Crippen LogP) is -0.0530. The third-order valence-electron chi connectivity index (χ3n) is 4.20. The van der Waals surface area contributed by atoms with Crippen molar-refractivity contribution in [1.29, 1.82) is 0 Å². The van der Waals surface area contributed by atoms with Gasteiger partial charge in [-0.2, -0.15) is 0 Å². The lowest BCUT2D eigenvalue weighted by atomic mass is 10.1. The molecule has 2 rings (SSSR count). The number of likely N-dealkylation sites (tertiary alicyclic amines) is 2. The third kappa shape index (κ3) is 3.72. The summed E-state index contributed by atoms with van der Waals surface area (Å²) in [4.78, 5) is 38.6. The molecule has 0 radical (unpaired) electrons. The Bertz CT molecular complexity index is 426. The molecule has 7 heteroatoms. The van der Waals surface area contributed by atoms with Crippen molar-refractivity contribution in [2.75, 3.05) is 33.4 Å². The molecular formula is C14H22N2O5. The van der Waals surface area contributed by atoms with Crippen molar-refractivity contribution >= 4 is 17.8 Å². The minimum atomic E-state index is -0.885. The second-order valence-corrected chi connectivity index (χ2v) is 5.66. The number of carbonyl (C=O) groups excluding carboxylic acids is 2. The van der Waals surface area contributed by atoms with Crippen LogP contribution < -0.4 is 0 Å². The van der Waals surface area contributed by atoms with Gasteiger partial charge in [0.25, 0.3) is 0 Å². The van der Waals surface area contributed by atoms with Crippen molar-refractivity contribution < 1.29 is 24.2 Å². The molecule has 118 valence electrons. The number of ether oxygens (including phenoxy) is 1. The van der Waals surface area contributed by atoms with Crippen LogP contribution in [0, 0.1) is 5.92 Å². The van der Waals surface area contributed by atoms with Crippen LogP contribution in [0.1, 0.15) is 25.7 Å². The van der Waals surface area contributed by atoms with E-state index in [4.69, 9.17) is 9.84 Å². The molecule has 2 aliphatic heterocycles. The number of aliphatic carboxylic acids is 1. The molecule has 2 unspecified atom stereocenters. The van der Waals surface area contributed by atoms with Gasteiger partial charge in [-0.25, -0.2) is 0 Å². The van der Waals surface area contributed by atoms with Crippen LogP contribution in [0.15, 0.2) is 0 Å². The Labute approximate surface area is 123 Å². The van der Waals surface area contributed by atoms with Crippen LogP contribution in [0.25, 0.3) is 0 Å². The number of carboxylic acids is 1. The molecule has 2 saturated heterocycles. The first kappa shape index (κ1) is 15.8. The maximum absolute atomic E-state index is 12.5. The number of methoxy groups -OCH3 is 1.